The molecule has 0 bridgehead atoms. The highest BCUT2D eigenvalue weighted by Gasteiger charge is 2.17. The standard InChI is InChI=1S/C15H17NO4/c1-8(2)9(3)14(17)16-11-4-5-12-10(6-11)7-13(20-12)15(18)19/h4-9H,1-3H3,(H,16,17)(H,18,19). The monoisotopic (exact) mass is 275 g/mol. The molecule has 2 aromatic rings. The predicted octanol–water partition coefficient (Wildman–Crippen LogP) is 3.36. The Morgan fingerprint density at radius 1 is 1.20 bits per heavy atom. The van der Waals surface area contributed by atoms with E-state index in [1.807, 2.05) is 20.8 Å². The molecule has 2 N–H and O–H groups in total. The maximum Gasteiger partial charge on any atom is 0.371 e. The highest BCUT2D eigenvalue weighted by molar-refractivity contribution is 5.96. The highest BCUT2D eigenvalue weighted by atomic mass is 16.4. The number of furan rings is 1. The summed E-state index contributed by atoms with van der Waals surface area (Å²) in [5.74, 6) is -1.11. The first-order valence-corrected chi connectivity index (χ1v) is 6.46. The van der Waals surface area contributed by atoms with Gasteiger partial charge < -0.3 is 14.8 Å². The molecule has 1 aromatic carbocycles. The smallest absolute Gasteiger partial charge is 0.371 e. The lowest BCUT2D eigenvalue weighted by atomic mass is 9.97. The van der Waals surface area contributed by atoms with Crippen molar-refractivity contribution in [2.75, 3.05) is 5.32 Å². The molecule has 2 rings (SSSR count). The van der Waals surface area contributed by atoms with Crippen LogP contribution < -0.4 is 5.32 Å². The summed E-state index contributed by atoms with van der Waals surface area (Å²) in [4.78, 5) is 22.8. The number of rotatable bonds is 4. The van der Waals surface area contributed by atoms with Crippen molar-refractivity contribution in [2.45, 2.75) is 20.8 Å². The van der Waals surface area contributed by atoms with Gasteiger partial charge in [0, 0.05) is 17.0 Å². The van der Waals surface area contributed by atoms with Gasteiger partial charge in [-0.05, 0) is 30.2 Å². The molecule has 1 aromatic heterocycles. The number of aromatic carboxylic acids is 1. The molecule has 5 nitrogen and oxygen atoms in total. The molecule has 1 amide bonds. The summed E-state index contributed by atoms with van der Waals surface area (Å²) >= 11 is 0. The van der Waals surface area contributed by atoms with Crippen molar-refractivity contribution >= 4 is 28.5 Å². The molecule has 1 unspecified atom stereocenters. The number of carbonyl (C=O) groups excluding carboxylic acids is 1. The van der Waals surface area contributed by atoms with E-state index < -0.39 is 5.97 Å². The Labute approximate surface area is 116 Å². The SMILES string of the molecule is CC(C)C(C)C(=O)Nc1ccc2oc(C(=O)O)cc2c1. The third-order valence-corrected chi connectivity index (χ3v) is 3.41. The lowest BCUT2D eigenvalue weighted by Crippen LogP contribution is -2.24. The van der Waals surface area contributed by atoms with Crippen LogP contribution in [0.15, 0.2) is 28.7 Å². The Hall–Kier alpha value is -2.30. The second-order valence-corrected chi connectivity index (χ2v) is 5.19. The fourth-order valence-electron chi connectivity index (χ4n) is 1.79. The molecule has 5 heteroatoms. The number of benzene rings is 1. The second kappa shape index (κ2) is 5.36. The van der Waals surface area contributed by atoms with E-state index >= 15 is 0 Å². The van der Waals surface area contributed by atoms with E-state index in [9.17, 15) is 9.59 Å². The number of carboxylic acids is 1. The largest absolute Gasteiger partial charge is 0.475 e. The van der Waals surface area contributed by atoms with Crippen LogP contribution in [0.2, 0.25) is 0 Å². The number of anilines is 1. The van der Waals surface area contributed by atoms with Crippen LogP contribution in [0.25, 0.3) is 11.0 Å². The zero-order valence-corrected chi connectivity index (χ0v) is 11.6. The summed E-state index contributed by atoms with van der Waals surface area (Å²) in [6, 6.07) is 6.50. The zero-order valence-electron chi connectivity index (χ0n) is 11.6. The number of hydrogen-bond acceptors (Lipinski definition) is 3. The molecule has 0 spiro atoms. The molecule has 106 valence electrons. The van der Waals surface area contributed by atoms with Gasteiger partial charge in [0.05, 0.1) is 0 Å². The second-order valence-electron chi connectivity index (χ2n) is 5.19. The van der Waals surface area contributed by atoms with Crippen molar-refractivity contribution in [1.82, 2.24) is 0 Å². The molecule has 0 radical (unpaired) electrons. The first-order valence-electron chi connectivity index (χ1n) is 6.46. The molecule has 20 heavy (non-hydrogen) atoms. The Morgan fingerprint density at radius 2 is 1.90 bits per heavy atom. The van der Waals surface area contributed by atoms with E-state index in [2.05, 4.69) is 5.32 Å². The Balaban J connectivity index is 2.23. The molecule has 0 fully saturated rings. The molecule has 0 aliphatic carbocycles. The van der Waals surface area contributed by atoms with Gasteiger partial charge in [0.15, 0.2) is 0 Å². The van der Waals surface area contributed by atoms with E-state index in [-0.39, 0.29) is 23.5 Å². The molecule has 0 aliphatic heterocycles. The van der Waals surface area contributed by atoms with Gasteiger partial charge in [-0.2, -0.15) is 0 Å². The third-order valence-electron chi connectivity index (χ3n) is 3.41. The molecule has 0 saturated carbocycles. The number of amides is 1. The van der Waals surface area contributed by atoms with Crippen molar-refractivity contribution in [1.29, 1.82) is 0 Å². The Kier molecular flexibility index (Phi) is 3.79. The predicted molar refractivity (Wildman–Crippen MR) is 75.8 cm³/mol. The van der Waals surface area contributed by atoms with Crippen LogP contribution in [0.1, 0.15) is 31.3 Å². The lowest BCUT2D eigenvalue weighted by Gasteiger charge is -2.15. The van der Waals surface area contributed by atoms with E-state index in [0.717, 1.165) is 0 Å². The number of hydrogen-bond donors (Lipinski definition) is 2. The fraction of sp³-hybridized carbons (Fsp3) is 0.333. The van der Waals surface area contributed by atoms with Gasteiger partial charge in [-0.15, -0.1) is 0 Å². The van der Waals surface area contributed by atoms with Crippen LogP contribution in [0.3, 0.4) is 0 Å². The van der Waals surface area contributed by atoms with Gasteiger partial charge in [-0.25, -0.2) is 4.79 Å². The van der Waals surface area contributed by atoms with Gasteiger partial charge in [0.2, 0.25) is 11.7 Å². The van der Waals surface area contributed by atoms with Gasteiger partial charge in [-0.1, -0.05) is 20.8 Å². The number of carbonyl (C=O) groups is 2. The molecule has 0 aliphatic rings. The number of fused-ring (bicyclic) bond motifs is 1. The van der Waals surface area contributed by atoms with Crippen molar-refractivity contribution in [3.8, 4) is 0 Å². The van der Waals surface area contributed by atoms with Crippen LogP contribution in [-0.4, -0.2) is 17.0 Å². The van der Waals surface area contributed by atoms with Gasteiger partial charge in [-0.3, -0.25) is 4.79 Å². The Bertz CT molecular complexity index is 657. The molecule has 1 heterocycles. The normalized spacial score (nSPS) is 12.6. The minimum absolute atomic E-state index is 0.0543. The number of carboxylic acid groups (broad SMARTS) is 1. The third kappa shape index (κ3) is 2.82. The van der Waals surface area contributed by atoms with E-state index in [4.69, 9.17) is 9.52 Å². The lowest BCUT2D eigenvalue weighted by molar-refractivity contribution is -0.120. The molecular formula is C15H17NO4. The first-order chi connectivity index (χ1) is 9.38. The van der Waals surface area contributed by atoms with Crippen molar-refractivity contribution < 1.29 is 19.1 Å². The highest BCUT2D eigenvalue weighted by Crippen LogP contribution is 2.24. The average Bonchev–Trinajstić information content (AvgIpc) is 2.80. The van der Waals surface area contributed by atoms with Gasteiger partial charge in [0.25, 0.3) is 0 Å². The maximum atomic E-state index is 12.0. The quantitative estimate of drug-likeness (QED) is 0.896. The van der Waals surface area contributed by atoms with Crippen LogP contribution in [0, 0.1) is 11.8 Å². The van der Waals surface area contributed by atoms with E-state index in [0.29, 0.717) is 16.7 Å². The minimum Gasteiger partial charge on any atom is -0.475 e. The maximum absolute atomic E-state index is 12.0. The molecule has 1 atom stereocenters. The number of nitrogens with one attached hydrogen (secondary N) is 1. The summed E-state index contributed by atoms with van der Waals surface area (Å²) < 4.78 is 5.16. The van der Waals surface area contributed by atoms with E-state index in [1.165, 1.54) is 6.07 Å². The summed E-state index contributed by atoms with van der Waals surface area (Å²) in [6.45, 7) is 5.85. The van der Waals surface area contributed by atoms with Crippen LogP contribution in [0.4, 0.5) is 5.69 Å². The van der Waals surface area contributed by atoms with Crippen molar-refractivity contribution in [3.63, 3.8) is 0 Å². The van der Waals surface area contributed by atoms with Crippen LogP contribution in [-0.2, 0) is 4.79 Å². The molecular weight excluding hydrogens is 258 g/mol. The van der Waals surface area contributed by atoms with Crippen molar-refractivity contribution in [2.24, 2.45) is 11.8 Å². The molecule has 0 saturated heterocycles. The zero-order chi connectivity index (χ0) is 14.9. The topological polar surface area (TPSA) is 79.5 Å². The summed E-state index contributed by atoms with van der Waals surface area (Å²) in [5.41, 5.74) is 1.12. The average molecular weight is 275 g/mol. The van der Waals surface area contributed by atoms with Gasteiger partial charge >= 0.3 is 5.97 Å². The Morgan fingerprint density at radius 3 is 2.50 bits per heavy atom. The minimum atomic E-state index is -1.11. The van der Waals surface area contributed by atoms with Gasteiger partial charge in [0.1, 0.15) is 5.58 Å². The summed E-state index contributed by atoms with van der Waals surface area (Å²) in [7, 11) is 0. The van der Waals surface area contributed by atoms with Crippen LogP contribution >= 0.6 is 0 Å². The van der Waals surface area contributed by atoms with Crippen molar-refractivity contribution in [3.05, 3.63) is 30.0 Å². The summed E-state index contributed by atoms with van der Waals surface area (Å²) in [6.07, 6.45) is 0. The summed E-state index contributed by atoms with van der Waals surface area (Å²) in [5, 5.41) is 12.3. The van der Waals surface area contributed by atoms with E-state index in [1.54, 1.807) is 18.2 Å². The first kappa shape index (κ1) is 14.1. The fourth-order valence-corrected chi connectivity index (χ4v) is 1.79. The van der Waals surface area contributed by atoms with Crippen LogP contribution in [0.5, 0.6) is 0 Å².